The van der Waals surface area contributed by atoms with Crippen LogP contribution in [0.25, 0.3) is 5.57 Å². The number of nitrogens with zero attached hydrogens (tertiary/aromatic N) is 3. The van der Waals surface area contributed by atoms with Gasteiger partial charge in [0.25, 0.3) is 11.5 Å². The fourth-order valence-electron chi connectivity index (χ4n) is 6.77. The molecular formula is C37H43FN4O5. The van der Waals surface area contributed by atoms with Crippen molar-refractivity contribution in [2.45, 2.75) is 59.1 Å². The Bertz CT molecular complexity index is 1740. The van der Waals surface area contributed by atoms with Gasteiger partial charge in [-0.2, -0.15) is 0 Å². The minimum Gasteiger partial charge on any atom is -0.444 e. The van der Waals surface area contributed by atoms with Crippen LogP contribution in [0.3, 0.4) is 0 Å². The number of carbonyl (C=O) groups excluding carboxylic acids is 2. The number of pyridine rings is 1. The monoisotopic (exact) mass is 642 g/mol. The summed E-state index contributed by atoms with van der Waals surface area (Å²) in [6, 6.07) is 16.0. The van der Waals surface area contributed by atoms with Crippen molar-refractivity contribution in [1.82, 2.24) is 14.9 Å². The van der Waals surface area contributed by atoms with Gasteiger partial charge in [0.05, 0.1) is 37.9 Å². The van der Waals surface area contributed by atoms with Gasteiger partial charge < -0.3 is 24.7 Å². The predicted octanol–water partition coefficient (Wildman–Crippen LogP) is 5.59. The average molecular weight is 643 g/mol. The molecule has 1 saturated carbocycles. The molecule has 1 atom stereocenters. The molecule has 1 aliphatic carbocycles. The van der Waals surface area contributed by atoms with E-state index >= 15 is 0 Å². The van der Waals surface area contributed by atoms with Crippen molar-refractivity contribution in [3.8, 4) is 0 Å². The third kappa shape index (κ3) is 6.98. The Labute approximate surface area is 274 Å². The highest BCUT2D eigenvalue weighted by atomic mass is 19.1. The third-order valence-corrected chi connectivity index (χ3v) is 9.15. The first-order valence-corrected chi connectivity index (χ1v) is 16.2. The number of amides is 2. The molecule has 9 nitrogen and oxygen atoms in total. The van der Waals surface area contributed by atoms with Crippen molar-refractivity contribution in [2.75, 3.05) is 44.4 Å². The van der Waals surface area contributed by atoms with Gasteiger partial charge in [-0.05, 0) is 87.9 Å². The summed E-state index contributed by atoms with van der Waals surface area (Å²) in [6.45, 7) is 12.8. The number of benzene rings is 2. The van der Waals surface area contributed by atoms with Gasteiger partial charge in [0.1, 0.15) is 11.4 Å². The first-order valence-electron chi connectivity index (χ1n) is 16.2. The van der Waals surface area contributed by atoms with Crippen molar-refractivity contribution in [2.24, 2.45) is 5.41 Å². The first-order chi connectivity index (χ1) is 22.3. The second-order valence-electron chi connectivity index (χ2n) is 14.1. The van der Waals surface area contributed by atoms with Crippen LogP contribution in [0.5, 0.6) is 0 Å². The molecule has 2 aliphatic heterocycles. The molecule has 6 rings (SSSR count). The van der Waals surface area contributed by atoms with Gasteiger partial charge >= 0.3 is 6.09 Å². The van der Waals surface area contributed by atoms with E-state index in [9.17, 15) is 18.8 Å². The Morgan fingerprint density at radius 2 is 1.55 bits per heavy atom. The number of halogens is 1. The Morgan fingerprint density at radius 3 is 2.15 bits per heavy atom. The number of aryl methyl sites for hydroxylation is 1. The zero-order valence-corrected chi connectivity index (χ0v) is 27.8. The summed E-state index contributed by atoms with van der Waals surface area (Å²) in [5.74, 6) is -0.549. The molecular weight excluding hydrogens is 599 g/mol. The van der Waals surface area contributed by atoms with Crippen molar-refractivity contribution >= 4 is 17.6 Å². The van der Waals surface area contributed by atoms with E-state index in [1.807, 2.05) is 69.1 Å². The van der Waals surface area contributed by atoms with E-state index in [2.05, 4.69) is 5.32 Å². The molecule has 3 aliphatic rings. The Hall–Kier alpha value is -4.44. The molecule has 248 valence electrons. The van der Waals surface area contributed by atoms with E-state index in [0.29, 0.717) is 50.5 Å². The molecule has 0 unspecified atom stereocenters. The Morgan fingerprint density at radius 1 is 0.957 bits per heavy atom. The highest BCUT2D eigenvalue weighted by Crippen LogP contribution is 2.55. The normalized spacial score (nSPS) is 17.9. The third-order valence-electron chi connectivity index (χ3n) is 9.15. The molecule has 3 heterocycles. The van der Waals surface area contributed by atoms with Gasteiger partial charge in [0.2, 0.25) is 0 Å². The second kappa shape index (κ2) is 12.6. The molecule has 1 spiro atoms. The largest absolute Gasteiger partial charge is 0.444 e. The number of allylic oxidation sites excluding steroid dienone is 1. The molecule has 2 saturated heterocycles. The van der Waals surface area contributed by atoms with Crippen LogP contribution in [0, 0.1) is 18.2 Å². The van der Waals surface area contributed by atoms with Crippen molar-refractivity contribution in [3.63, 3.8) is 0 Å². The maximum Gasteiger partial charge on any atom is 0.410 e. The minimum atomic E-state index is -0.527. The number of hydrogen-bond donors (Lipinski definition) is 1. The van der Waals surface area contributed by atoms with Crippen LogP contribution in [0.4, 0.5) is 9.18 Å². The van der Waals surface area contributed by atoms with Crippen LogP contribution in [-0.2, 0) is 9.47 Å². The summed E-state index contributed by atoms with van der Waals surface area (Å²) in [6.07, 6.45) is 3.05. The van der Waals surface area contributed by atoms with E-state index in [4.69, 9.17) is 9.47 Å². The number of nitrogens with one attached hydrogen (secondary N) is 1. The standard InChI is InChI=1S/C37H43FN4O5/c1-24-18-29(21-42(34(24)44)41-14-16-46-17-15-41)33(43)39-25(2)26-6-8-27(9-7-26)32(28-10-12-31(38)13-11-28)30-19-37(20-30)22-40(23-37)35(45)47-36(3,4)5/h6-13,18,21,25H,14-17,19-20,22-23H2,1-5H3,(H,39,43)/t25-/m1/s1. The predicted molar refractivity (Wildman–Crippen MR) is 178 cm³/mol. The smallest absolute Gasteiger partial charge is 0.410 e. The number of carbonyl (C=O) groups is 2. The fraction of sp³-hybridized carbons (Fsp3) is 0.432. The van der Waals surface area contributed by atoms with Gasteiger partial charge in [-0.1, -0.05) is 42.0 Å². The lowest BCUT2D eigenvalue weighted by Crippen LogP contribution is -2.62. The fourth-order valence-corrected chi connectivity index (χ4v) is 6.77. The topological polar surface area (TPSA) is 93.1 Å². The van der Waals surface area contributed by atoms with Crippen LogP contribution in [0.15, 0.2) is 71.2 Å². The van der Waals surface area contributed by atoms with Crippen molar-refractivity contribution in [1.29, 1.82) is 0 Å². The van der Waals surface area contributed by atoms with E-state index in [1.54, 1.807) is 24.1 Å². The SMILES string of the molecule is Cc1cc(C(=O)N[C@H](C)c2ccc(C(=C3CC4(C3)CN(C(=O)OC(C)(C)C)C4)c3ccc(F)cc3)cc2)cn(N2CCOCC2)c1=O. The van der Waals surface area contributed by atoms with Gasteiger partial charge in [0, 0.05) is 30.3 Å². The molecule has 10 heteroatoms. The Balaban J connectivity index is 1.17. The Kier molecular flexibility index (Phi) is 8.74. The van der Waals surface area contributed by atoms with E-state index in [1.165, 1.54) is 22.4 Å². The average Bonchev–Trinajstić information content (AvgIpc) is 2.99. The van der Waals surface area contributed by atoms with Gasteiger partial charge in [0.15, 0.2) is 0 Å². The summed E-state index contributed by atoms with van der Waals surface area (Å²) in [5, 5.41) is 4.98. The molecule has 1 N–H and O–H groups in total. The second-order valence-corrected chi connectivity index (χ2v) is 14.1. The van der Waals surface area contributed by atoms with Crippen LogP contribution in [0.1, 0.15) is 79.2 Å². The molecule has 0 radical (unpaired) electrons. The maximum atomic E-state index is 13.9. The van der Waals surface area contributed by atoms with E-state index < -0.39 is 5.60 Å². The zero-order valence-electron chi connectivity index (χ0n) is 27.8. The molecule has 0 bridgehead atoms. The van der Waals surface area contributed by atoms with Crippen molar-refractivity contribution < 1.29 is 23.5 Å². The highest BCUT2D eigenvalue weighted by Gasteiger charge is 2.53. The summed E-state index contributed by atoms with van der Waals surface area (Å²) in [4.78, 5) is 40.4. The lowest BCUT2D eigenvalue weighted by Gasteiger charge is -2.57. The molecule has 3 aromatic rings. The number of morpholine rings is 1. The number of ether oxygens (including phenoxy) is 2. The lowest BCUT2D eigenvalue weighted by atomic mass is 9.59. The molecule has 2 amide bonds. The van der Waals surface area contributed by atoms with E-state index in [-0.39, 0.29) is 34.8 Å². The molecule has 2 aromatic carbocycles. The van der Waals surface area contributed by atoms with Crippen molar-refractivity contribution in [3.05, 3.63) is 110 Å². The van der Waals surface area contributed by atoms with Crippen LogP contribution < -0.4 is 15.9 Å². The quantitative estimate of drug-likeness (QED) is 0.377. The lowest BCUT2D eigenvalue weighted by molar-refractivity contribution is -0.0500. The van der Waals surface area contributed by atoms with Crippen LogP contribution >= 0.6 is 0 Å². The van der Waals surface area contributed by atoms with Crippen LogP contribution in [0.2, 0.25) is 0 Å². The number of rotatable bonds is 6. The molecule has 1 aromatic heterocycles. The van der Waals surface area contributed by atoms with Gasteiger partial charge in [-0.3, -0.25) is 9.59 Å². The summed E-state index contributed by atoms with van der Waals surface area (Å²) in [7, 11) is 0. The molecule has 3 fully saturated rings. The summed E-state index contributed by atoms with van der Waals surface area (Å²) in [5.41, 5.74) is 5.55. The van der Waals surface area contributed by atoms with Crippen LogP contribution in [-0.4, -0.2) is 66.6 Å². The molecule has 47 heavy (non-hydrogen) atoms. The maximum absolute atomic E-state index is 13.9. The summed E-state index contributed by atoms with van der Waals surface area (Å²) < 4.78 is 26.4. The number of hydrogen-bond acceptors (Lipinski definition) is 6. The van der Waals surface area contributed by atoms with Gasteiger partial charge in [-0.15, -0.1) is 0 Å². The minimum absolute atomic E-state index is 0.0544. The highest BCUT2D eigenvalue weighted by molar-refractivity contribution is 5.94. The first kappa shape index (κ1) is 32.5. The summed E-state index contributed by atoms with van der Waals surface area (Å²) >= 11 is 0. The van der Waals surface area contributed by atoms with E-state index in [0.717, 1.165) is 35.1 Å². The number of aromatic nitrogens is 1. The zero-order chi connectivity index (χ0) is 33.5. The number of likely N-dealkylation sites (tertiary alicyclic amines) is 1. The van der Waals surface area contributed by atoms with Gasteiger partial charge in [-0.25, -0.2) is 13.9 Å².